The van der Waals surface area contributed by atoms with E-state index >= 15 is 0 Å². The van der Waals surface area contributed by atoms with Gasteiger partial charge in [-0.3, -0.25) is 9.59 Å². The highest BCUT2D eigenvalue weighted by molar-refractivity contribution is 5.80. The van der Waals surface area contributed by atoms with E-state index in [4.69, 9.17) is 18.9 Å². The summed E-state index contributed by atoms with van der Waals surface area (Å²) in [6, 6.07) is 22.5. The molecule has 222 valence electrons. The zero-order chi connectivity index (χ0) is 30.9. The van der Waals surface area contributed by atoms with Gasteiger partial charge in [0.05, 0.1) is 30.6 Å². The van der Waals surface area contributed by atoms with Crippen LogP contribution < -0.4 is 14.2 Å². The molecule has 4 heterocycles. The smallest absolute Gasteiger partial charge is 0.388 e. The SMILES string of the molecule is COC(=O)C(C)(C)C1c2ccccc2Oc2c1ccc[n+]2[O-].COC(=O)C(C)(C)C1c2ccccc2Oc2ncccc21. The summed E-state index contributed by atoms with van der Waals surface area (Å²) in [6.45, 7) is 7.42. The van der Waals surface area contributed by atoms with E-state index in [9.17, 15) is 14.8 Å². The number of methoxy groups -OCH3 is 2. The van der Waals surface area contributed by atoms with Gasteiger partial charge < -0.3 is 24.2 Å². The number of rotatable bonds is 4. The number of pyridine rings is 2. The fourth-order valence-electron chi connectivity index (χ4n) is 6.01. The van der Waals surface area contributed by atoms with Crippen LogP contribution in [-0.4, -0.2) is 31.1 Å². The number of para-hydroxylation sites is 2. The van der Waals surface area contributed by atoms with Gasteiger partial charge in [0.15, 0.2) is 6.20 Å². The van der Waals surface area contributed by atoms with Crippen molar-refractivity contribution in [1.82, 2.24) is 4.98 Å². The molecule has 9 nitrogen and oxygen atoms in total. The minimum atomic E-state index is -0.836. The van der Waals surface area contributed by atoms with Gasteiger partial charge >= 0.3 is 17.8 Å². The molecular weight excluding hydrogens is 548 g/mol. The lowest BCUT2D eigenvalue weighted by Crippen LogP contribution is -2.38. The second-order valence-corrected chi connectivity index (χ2v) is 11.6. The van der Waals surface area contributed by atoms with Crippen molar-refractivity contribution < 1.29 is 33.3 Å². The third kappa shape index (κ3) is 5.16. The van der Waals surface area contributed by atoms with E-state index in [1.807, 2.05) is 88.4 Å². The molecule has 0 fully saturated rings. The summed E-state index contributed by atoms with van der Waals surface area (Å²) in [5.41, 5.74) is 1.90. The Kier molecular flexibility index (Phi) is 7.84. The van der Waals surface area contributed by atoms with Gasteiger partial charge in [0, 0.05) is 40.8 Å². The summed E-state index contributed by atoms with van der Waals surface area (Å²) < 4.78 is 22.2. The fourth-order valence-corrected chi connectivity index (χ4v) is 6.01. The lowest BCUT2D eigenvalue weighted by molar-refractivity contribution is -0.612. The lowest BCUT2D eigenvalue weighted by atomic mass is 9.70. The topological polar surface area (TPSA) is 111 Å². The van der Waals surface area contributed by atoms with Gasteiger partial charge in [-0.1, -0.05) is 42.5 Å². The molecule has 2 unspecified atom stereocenters. The quantitative estimate of drug-likeness (QED) is 0.157. The van der Waals surface area contributed by atoms with Crippen molar-refractivity contribution in [3.63, 3.8) is 0 Å². The fraction of sp³-hybridized carbons (Fsp3) is 0.294. The predicted molar refractivity (Wildman–Crippen MR) is 158 cm³/mol. The molecule has 0 amide bonds. The second kappa shape index (κ2) is 11.4. The number of nitrogens with zero attached hydrogens (tertiary/aromatic N) is 2. The third-order valence-corrected chi connectivity index (χ3v) is 8.11. The first-order valence-corrected chi connectivity index (χ1v) is 13.9. The highest BCUT2D eigenvalue weighted by Crippen LogP contribution is 2.52. The van der Waals surface area contributed by atoms with E-state index in [1.54, 1.807) is 18.3 Å². The van der Waals surface area contributed by atoms with Crippen LogP contribution in [0.15, 0.2) is 85.2 Å². The van der Waals surface area contributed by atoms with Gasteiger partial charge in [0.25, 0.3) is 0 Å². The van der Waals surface area contributed by atoms with Gasteiger partial charge in [-0.05, 0) is 52.0 Å². The Balaban J connectivity index is 0.000000171. The summed E-state index contributed by atoms with van der Waals surface area (Å²) >= 11 is 0. The number of hydrogen-bond donors (Lipinski definition) is 0. The Morgan fingerprint density at radius 3 is 1.79 bits per heavy atom. The van der Waals surface area contributed by atoms with Gasteiger partial charge in [-0.25, -0.2) is 4.98 Å². The van der Waals surface area contributed by atoms with E-state index in [-0.39, 0.29) is 29.7 Å². The van der Waals surface area contributed by atoms with Gasteiger partial charge in [0.1, 0.15) is 11.5 Å². The Morgan fingerprint density at radius 2 is 1.21 bits per heavy atom. The van der Waals surface area contributed by atoms with Crippen molar-refractivity contribution in [2.24, 2.45) is 10.8 Å². The number of ether oxygens (including phenoxy) is 4. The third-order valence-electron chi connectivity index (χ3n) is 8.11. The van der Waals surface area contributed by atoms with E-state index in [1.165, 1.54) is 20.4 Å². The number of fused-ring (bicyclic) bond motifs is 4. The molecule has 2 aliphatic heterocycles. The monoisotopic (exact) mass is 582 g/mol. The molecule has 2 aromatic heterocycles. The van der Waals surface area contributed by atoms with Crippen LogP contribution in [0, 0.1) is 16.0 Å². The predicted octanol–water partition coefficient (Wildman–Crippen LogP) is 6.28. The van der Waals surface area contributed by atoms with Crippen molar-refractivity contribution >= 4 is 11.9 Å². The molecule has 2 aromatic carbocycles. The Labute approximate surface area is 250 Å². The number of hydrogen-bond acceptors (Lipinski definition) is 8. The molecular formula is C34H34N2O7. The minimum absolute atomic E-state index is 0.154. The molecule has 0 aliphatic carbocycles. The first-order chi connectivity index (χ1) is 20.5. The molecule has 0 saturated carbocycles. The normalized spacial score (nSPS) is 16.3. The molecule has 9 heteroatoms. The average Bonchev–Trinajstić information content (AvgIpc) is 3.02. The van der Waals surface area contributed by atoms with E-state index < -0.39 is 10.8 Å². The van der Waals surface area contributed by atoms with E-state index in [0.29, 0.717) is 21.9 Å². The van der Waals surface area contributed by atoms with E-state index in [0.717, 1.165) is 22.4 Å². The number of esters is 2. The maximum atomic E-state index is 12.3. The minimum Gasteiger partial charge on any atom is -0.616 e. The van der Waals surface area contributed by atoms with Crippen molar-refractivity contribution in [1.29, 1.82) is 0 Å². The van der Waals surface area contributed by atoms with Crippen LogP contribution in [0.3, 0.4) is 0 Å². The largest absolute Gasteiger partial charge is 0.616 e. The van der Waals surface area contributed by atoms with E-state index in [2.05, 4.69) is 4.98 Å². The summed E-state index contributed by atoms with van der Waals surface area (Å²) in [5.74, 6) is 1.04. The molecule has 43 heavy (non-hydrogen) atoms. The summed E-state index contributed by atoms with van der Waals surface area (Å²) in [5, 5.41) is 12.1. The number of benzene rings is 2. The van der Waals surface area contributed by atoms with Gasteiger partial charge in [-0.2, -0.15) is 0 Å². The average molecular weight is 583 g/mol. The Hall–Kier alpha value is -4.92. The summed E-state index contributed by atoms with van der Waals surface area (Å²) in [4.78, 5) is 28.9. The van der Waals surface area contributed by atoms with Crippen LogP contribution in [-0.2, 0) is 19.1 Å². The Morgan fingerprint density at radius 1 is 0.721 bits per heavy atom. The summed E-state index contributed by atoms with van der Waals surface area (Å²) in [7, 11) is 2.79. The number of aromatic nitrogens is 2. The van der Waals surface area contributed by atoms with Crippen molar-refractivity contribution in [3.05, 3.63) is 113 Å². The lowest BCUT2D eigenvalue weighted by Gasteiger charge is -2.36. The number of carbonyl (C=O) groups is 2. The number of carbonyl (C=O) groups excluding carboxylic acids is 2. The second-order valence-electron chi connectivity index (χ2n) is 11.6. The van der Waals surface area contributed by atoms with Crippen LogP contribution in [0.4, 0.5) is 0 Å². The van der Waals surface area contributed by atoms with Crippen LogP contribution in [0.1, 0.15) is 61.8 Å². The van der Waals surface area contributed by atoms with Crippen molar-refractivity contribution in [2.45, 2.75) is 39.5 Å². The highest BCUT2D eigenvalue weighted by atomic mass is 16.6. The molecule has 0 N–H and O–H groups in total. The highest BCUT2D eigenvalue weighted by Gasteiger charge is 2.47. The maximum absolute atomic E-state index is 12.3. The molecule has 0 saturated heterocycles. The molecule has 0 bridgehead atoms. The molecule has 0 radical (unpaired) electrons. The van der Waals surface area contributed by atoms with Crippen molar-refractivity contribution in [3.8, 4) is 23.3 Å². The van der Waals surface area contributed by atoms with Crippen LogP contribution in [0.25, 0.3) is 0 Å². The zero-order valence-electron chi connectivity index (χ0n) is 25.0. The molecule has 4 aromatic rings. The van der Waals surface area contributed by atoms with Gasteiger partial charge in [0.2, 0.25) is 5.88 Å². The maximum Gasteiger partial charge on any atom is 0.388 e. The van der Waals surface area contributed by atoms with Crippen molar-refractivity contribution in [2.75, 3.05) is 14.2 Å². The molecule has 6 rings (SSSR count). The van der Waals surface area contributed by atoms with Crippen LogP contribution in [0.5, 0.6) is 23.3 Å². The standard InChI is InChI=1S/C17H17NO4.C17H17NO3/c1-17(2,16(19)21-3)14-11-7-4-5-9-13(11)22-15-12(14)8-6-10-18(15)20;1-17(2,16(19)20-3)14-11-7-4-5-9-13(11)21-15-12(14)8-6-10-18-15/h4-10,14H,1-3H3;4-10,14H,1-3H3. The first-order valence-electron chi connectivity index (χ1n) is 13.9. The molecule has 2 aliphatic rings. The molecule has 2 atom stereocenters. The Bertz CT molecular complexity index is 1640. The summed E-state index contributed by atoms with van der Waals surface area (Å²) in [6.07, 6.45) is 3.07. The van der Waals surface area contributed by atoms with Gasteiger partial charge in [-0.15, -0.1) is 4.73 Å². The molecule has 0 spiro atoms. The first kappa shape index (κ1) is 29.6. The van der Waals surface area contributed by atoms with Crippen LogP contribution in [0.2, 0.25) is 0 Å². The zero-order valence-corrected chi connectivity index (χ0v) is 25.0. The van der Waals surface area contributed by atoms with Crippen LogP contribution >= 0.6 is 0 Å².